The van der Waals surface area contributed by atoms with Gasteiger partial charge in [0.2, 0.25) is 15.9 Å². The van der Waals surface area contributed by atoms with Crippen molar-refractivity contribution in [3.63, 3.8) is 0 Å². The van der Waals surface area contributed by atoms with Gasteiger partial charge in [-0.1, -0.05) is 37.3 Å². The lowest BCUT2D eigenvalue weighted by atomic mass is 10.0. The molecule has 1 unspecified atom stereocenters. The molecule has 34 heavy (non-hydrogen) atoms. The van der Waals surface area contributed by atoms with Crippen molar-refractivity contribution in [2.24, 2.45) is 0 Å². The van der Waals surface area contributed by atoms with Crippen LogP contribution >= 0.6 is 0 Å². The van der Waals surface area contributed by atoms with Crippen molar-refractivity contribution in [3.8, 4) is 5.75 Å². The van der Waals surface area contributed by atoms with E-state index in [0.717, 1.165) is 12.0 Å². The Morgan fingerprint density at radius 1 is 1.12 bits per heavy atom. The average Bonchev–Trinajstić information content (AvgIpc) is 2.86. The molecule has 2 amide bonds. The molecule has 2 aromatic carbocycles. The molecule has 0 aliphatic carbocycles. The minimum atomic E-state index is -3.76. The van der Waals surface area contributed by atoms with Crippen LogP contribution in [0.25, 0.3) is 0 Å². The number of fused-ring (bicyclic) bond motifs is 1. The molecule has 2 aliphatic rings. The summed E-state index contributed by atoms with van der Waals surface area (Å²) in [5, 5.41) is 3.00. The Kier molecular flexibility index (Phi) is 7.50. The predicted molar refractivity (Wildman–Crippen MR) is 126 cm³/mol. The van der Waals surface area contributed by atoms with E-state index in [0.29, 0.717) is 25.4 Å². The van der Waals surface area contributed by atoms with E-state index in [4.69, 9.17) is 9.47 Å². The van der Waals surface area contributed by atoms with Gasteiger partial charge in [0.05, 0.1) is 23.8 Å². The van der Waals surface area contributed by atoms with Crippen LogP contribution in [0, 0.1) is 0 Å². The highest BCUT2D eigenvalue weighted by Gasteiger charge is 2.32. The summed E-state index contributed by atoms with van der Waals surface area (Å²) in [6.07, 6.45) is 1.41. The molecule has 9 nitrogen and oxygen atoms in total. The third-order valence-corrected chi connectivity index (χ3v) is 7.86. The molecule has 10 heteroatoms. The zero-order chi connectivity index (χ0) is 24.1. The maximum atomic E-state index is 13.1. The van der Waals surface area contributed by atoms with Crippen molar-refractivity contribution in [1.82, 2.24) is 9.62 Å². The molecule has 2 aliphatic heterocycles. The van der Waals surface area contributed by atoms with Crippen LogP contribution < -0.4 is 15.0 Å². The number of nitrogens with zero attached hydrogens (tertiary/aromatic N) is 2. The summed E-state index contributed by atoms with van der Waals surface area (Å²) in [7, 11) is -3.76. The number of rotatable bonds is 8. The first-order chi connectivity index (χ1) is 16.4. The highest BCUT2D eigenvalue weighted by atomic mass is 32.2. The number of nitrogens with one attached hydrogen (secondary N) is 1. The summed E-state index contributed by atoms with van der Waals surface area (Å²) in [5.74, 6) is -0.352. The molecule has 2 heterocycles. The molecular weight excluding hydrogens is 458 g/mol. The molecule has 1 saturated heterocycles. The fourth-order valence-electron chi connectivity index (χ4n) is 4.06. The monoisotopic (exact) mass is 487 g/mol. The van der Waals surface area contributed by atoms with Gasteiger partial charge in [-0.05, 0) is 36.6 Å². The summed E-state index contributed by atoms with van der Waals surface area (Å²) < 4.78 is 38.3. The Morgan fingerprint density at radius 3 is 2.56 bits per heavy atom. The second-order valence-electron chi connectivity index (χ2n) is 8.28. The van der Waals surface area contributed by atoms with Gasteiger partial charge >= 0.3 is 0 Å². The standard InChI is InChI=1S/C24H29N3O6S/c1-2-19(14-18-6-4-3-5-7-18)25-23(28)16-27-21-15-20(8-9-22(21)33-17-24(27)29)34(30,31)26-10-12-32-13-11-26/h3-9,15,19H,2,10-14,16-17H2,1H3,(H,25,28). The number of hydrogen-bond donors (Lipinski definition) is 1. The van der Waals surface area contributed by atoms with Gasteiger partial charge in [0.15, 0.2) is 6.61 Å². The fourth-order valence-corrected chi connectivity index (χ4v) is 5.49. The minimum absolute atomic E-state index is 0.0485. The zero-order valence-electron chi connectivity index (χ0n) is 19.1. The summed E-state index contributed by atoms with van der Waals surface area (Å²) in [4.78, 5) is 26.9. The molecule has 0 saturated carbocycles. The van der Waals surface area contributed by atoms with Gasteiger partial charge < -0.3 is 14.8 Å². The molecule has 0 bridgehead atoms. The second kappa shape index (κ2) is 10.5. The Bertz CT molecular complexity index is 1130. The normalized spacial score (nSPS) is 17.6. The molecule has 1 fully saturated rings. The zero-order valence-corrected chi connectivity index (χ0v) is 19.9. The van der Waals surface area contributed by atoms with Crippen LogP contribution in [0.5, 0.6) is 5.75 Å². The highest BCUT2D eigenvalue weighted by Crippen LogP contribution is 2.35. The first kappa shape index (κ1) is 24.2. The van der Waals surface area contributed by atoms with E-state index in [9.17, 15) is 18.0 Å². The number of amides is 2. The lowest BCUT2D eigenvalue weighted by molar-refractivity contribution is -0.125. The number of anilines is 1. The van der Waals surface area contributed by atoms with Crippen molar-refractivity contribution in [3.05, 3.63) is 54.1 Å². The third-order valence-electron chi connectivity index (χ3n) is 5.97. The first-order valence-electron chi connectivity index (χ1n) is 11.4. The number of morpholine rings is 1. The second-order valence-corrected chi connectivity index (χ2v) is 10.2. The topological polar surface area (TPSA) is 105 Å². The van der Waals surface area contributed by atoms with E-state index in [2.05, 4.69) is 5.32 Å². The van der Waals surface area contributed by atoms with Crippen LogP contribution in [-0.2, 0) is 30.8 Å². The average molecular weight is 488 g/mol. The van der Waals surface area contributed by atoms with Gasteiger partial charge in [-0.2, -0.15) is 4.31 Å². The SMILES string of the molecule is CCC(Cc1ccccc1)NC(=O)CN1C(=O)COc2ccc(S(=O)(=O)N3CCOCC3)cc21. The molecule has 182 valence electrons. The van der Waals surface area contributed by atoms with Crippen molar-refractivity contribution >= 4 is 27.5 Å². The lowest BCUT2D eigenvalue weighted by Crippen LogP contribution is -2.47. The maximum Gasteiger partial charge on any atom is 0.265 e. The fraction of sp³-hybridized carbons (Fsp3) is 0.417. The van der Waals surface area contributed by atoms with Gasteiger partial charge in [-0.25, -0.2) is 8.42 Å². The van der Waals surface area contributed by atoms with Crippen LogP contribution in [0.15, 0.2) is 53.4 Å². The van der Waals surface area contributed by atoms with Crippen molar-refractivity contribution in [1.29, 1.82) is 0 Å². The predicted octanol–water partition coefficient (Wildman–Crippen LogP) is 1.57. The van der Waals surface area contributed by atoms with E-state index in [1.165, 1.54) is 27.4 Å². The molecular formula is C24H29N3O6S. The first-order valence-corrected chi connectivity index (χ1v) is 12.8. The Labute approximate surface area is 199 Å². The van der Waals surface area contributed by atoms with Crippen molar-refractivity contribution < 1.29 is 27.5 Å². The van der Waals surface area contributed by atoms with Gasteiger partial charge in [0, 0.05) is 19.1 Å². The third kappa shape index (κ3) is 5.40. The lowest BCUT2D eigenvalue weighted by Gasteiger charge is -2.31. The van der Waals surface area contributed by atoms with Crippen LogP contribution in [0.4, 0.5) is 5.69 Å². The molecule has 0 aromatic heterocycles. The largest absolute Gasteiger partial charge is 0.482 e. The molecule has 2 aromatic rings. The quantitative estimate of drug-likeness (QED) is 0.606. The molecule has 0 radical (unpaired) electrons. The molecule has 1 atom stereocenters. The summed E-state index contributed by atoms with van der Waals surface area (Å²) in [6.45, 7) is 2.76. The number of ether oxygens (including phenoxy) is 2. The van der Waals surface area contributed by atoms with Crippen LogP contribution in [0.2, 0.25) is 0 Å². The summed E-state index contributed by atoms with van der Waals surface area (Å²) >= 11 is 0. The maximum absolute atomic E-state index is 13.1. The minimum Gasteiger partial charge on any atom is -0.482 e. The molecule has 1 N–H and O–H groups in total. The van der Waals surface area contributed by atoms with E-state index in [1.54, 1.807) is 0 Å². The smallest absolute Gasteiger partial charge is 0.265 e. The Balaban J connectivity index is 1.51. The van der Waals surface area contributed by atoms with Crippen LogP contribution in [0.1, 0.15) is 18.9 Å². The van der Waals surface area contributed by atoms with Crippen LogP contribution in [0.3, 0.4) is 0 Å². The van der Waals surface area contributed by atoms with Crippen molar-refractivity contribution in [2.75, 3.05) is 44.4 Å². The highest BCUT2D eigenvalue weighted by molar-refractivity contribution is 7.89. The van der Waals surface area contributed by atoms with Gasteiger partial charge in [0.25, 0.3) is 5.91 Å². The van der Waals surface area contributed by atoms with Gasteiger partial charge in [-0.3, -0.25) is 14.5 Å². The van der Waals surface area contributed by atoms with E-state index in [-0.39, 0.29) is 48.8 Å². The number of sulfonamides is 1. The Morgan fingerprint density at radius 2 is 1.85 bits per heavy atom. The number of benzene rings is 2. The van der Waals surface area contributed by atoms with E-state index in [1.807, 2.05) is 37.3 Å². The van der Waals surface area contributed by atoms with Crippen molar-refractivity contribution in [2.45, 2.75) is 30.7 Å². The number of carbonyl (C=O) groups is 2. The number of hydrogen-bond acceptors (Lipinski definition) is 6. The van der Waals surface area contributed by atoms with Gasteiger partial charge in [-0.15, -0.1) is 0 Å². The van der Waals surface area contributed by atoms with E-state index >= 15 is 0 Å². The number of carbonyl (C=O) groups excluding carboxylic acids is 2. The summed E-state index contributed by atoms with van der Waals surface area (Å²) in [5.41, 5.74) is 1.39. The molecule has 0 spiro atoms. The van der Waals surface area contributed by atoms with Gasteiger partial charge in [0.1, 0.15) is 12.3 Å². The summed E-state index contributed by atoms with van der Waals surface area (Å²) in [6, 6.07) is 14.2. The van der Waals surface area contributed by atoms with Crippen LogP contribution in [-0.4, -0.2) is 70.0 Å². The van der Waals surface area contributed by atoms with E-state index < -0.39 is 15.9 Å². The Hall–Kier alpha value is -2.95. The molecule has 4 rings (SSSR count).